The minimum atomic E-state index is -1.54. The molecular formula is C46H36N10O18. The normalized spacial score (nSPS) is 11.6. The van der Waals surface area contributed by atoms with E-state index in [9.17, 15) is 88.2 Å². The van der Waals surface area contributed by atoms with Gasteiger partial charge >= 0.3 is 23.9 Å². The number of amides is 2. The zero-order valence-electron chi connectivity index (χ0n) is 38.2. The average molecular weight is 1020 g/mol. The molecule has 4 heterocycles. The molecular weight excluding hydrogens is 981 g/mol. The lowest BCUT2D eigenvalue weighted by atomic mass is 10.0. The van der Waals surface area contributed by atoms with E-state index in [4.69, 9.17) is 11.5 Å². The van der Waals surface area contributed by atoms with Crippen molar-refractivity contribution >= 4 is 80.0 Å². The van der Waals surface area contributed by atoms with E-state index in [1.165, 1.54) is 13.8 Å². The predicted molar refractivity (Wildman–Crippen MR) is 254 cm³/mol. The van der Waals surface area contributed by atoms with Gasteiger partial charge in [0.15, 0.2) is 11.4 Å². The second kappa shape index (κ2) is 19.7. The number of rotatable bonds is 18. The van der Waals surface area contributed by atoms with Crippen molar-refractivity contribution < 1.29 is 59.4 Å². The van der Waals surface area contributed by atoms with Gasteiger partial charge in [0, 0.05) is 37.3 Å². The van der Waals surface area contributed by atoms with Crippen molar-refractivity contribution in [2.45, 2.75) is 52.9 Å². The third-order valence-corrected chi connectivity index (χ3v) is 11.8. The molecule has 0 fully saturated rings. The van der Waals surface area contributed by atoms with E-state index >= 15 is 0 Å². The minimum absolute atomic E-state index is 0.182. The smallest absolute Gasteiger partial charge is 0.337 e. The largest absolute Gasteiger partial charge is 0.494 e. The molecule has 7 rings (SSSR count). The van der Waals surface area contributed by atoms with Gasteiger partial charge in [-0.15, -0.1) is 20.5 Å². The molecule has 0 saturated carbocycles. The van der Waals surface area contributed by atoms with Crippen LogP contribution in [0.3, 0.4) is 0 Å². The van der Waals surface area contributed by atoms with Crippen LogP contribution in [0.25, 0.3) is 21.5 Å². The quantitative estimate of drug-likeness (QED) is 0.0570. The summed E-state index contributed by atoms with van der Waals surface area (Å²) in [7, 11) is 0. The van der Waals surface area contributed by atoms with Crippen molar-refractivity contribution in [1.29, 1.82) is 0 Å². The number of carbonyl (C=O) groups is 6. The first-order chi connectivity index (χ1) is 34.9. The predicted octanol–water partition coefficient (Wildman–Crippen LogP) is 1.99. The molecule has 378 valence electrons. The van der Waals surface area contributed by atoms with Crippen molar-refractivity contribution in [2.75, 3.05) is 0 Å². The van der Waals surface area contributed by atoms with Gasteiger partial charge in [-0.25, -0.2) is 19.2 Å². The maximum atomic E-state index is 13.9. The van der Waals surface area contributed by atoms with Gasteiger partial charge in [-0.1, -0.05) is 13.8 Å². The van der Waals surface area contributed by atoms with Gasteiger partial charge in [0.1, 0.15) is 22.5 Å². The van der Waals surface area contributed by atoms with Crippen LogP contribution in [0.5, 0.6) is 11.8 Å². The van der Waals surface area contributed by atoms with Gasteiger partial charge < -0.3 is 42.1 Å². The minimum Gasteiger partial charge on any atom is -0.494 e. The van der Waals surface area contributed by atoms with Crippen LogP contribution in [0.15, 0.2) is 97.8 Å². The van der Waals surface area contributed by atoms with Crippen LogP contribution >= 0.6 is 0 Å². The first-order valence-corrected chi connectivity index (χ1v) is 21.5. The Bertz CT molecular complexity index is 3740. The van der Waals surface area contributed by atoms with Gasteiger partial charge in [-0.3, -0.25) is 56.6 Å². The second-order valence-electron chi connectivity index (χ2n) is 16.0. The maximum Gasteiger partial charge on any atom is 0.337 e. The SMILES string of the molecule is CCc1c(C(N)=O)c(O)n(CCn2c(=O)c3cc4c(=O)n(CCn5c(O)c(C(N)=O)c(CC)c(N=Nc6cc(C(=O)O)ccc6C(=O)O)c5=O)c(=O)c4cc3c2=O)c(=O)c1N=Nc1cc(C(=O)O)ccc1C(=O)O. The lowest BCUT2D eigenvalue weighted by Gasteiger charge is -2.16. The third-order valence-electron chi connectivity index (χ3n) is 11.8. The summed E-state index contributed by atoms with van der Waals surface area (Å²) in [6.45, 7) is 0.00124. The molecule has 0 saturated heterocycles. The van der Waals surface area contributed by atoms with Crippen molar-refractivity contribution in [3.05, 3.63) is 155 Å². The number of carboxylic acid groups (broad SMARTS) is 4. The Kier molecular flexibility index (Phi) is 13.7. The van der Waals surface area contributed by atoms with Crippen LogP contribution in [0.4, 0.5) is 22.7 Å². The molecule has 0 unspecified atom stereocenters. The number of aromatic hydroxyl groups is 2. The molecule has 28 nitrogen and oxygen atoms in total. The summed E-state index contributed by atoms with van der Waals surface area (Å²) in [4.78, 5) is 155. The number of aromatic nitrogens is 4. The zero-order chi connectivity index (χ0) is 54.4. The molecule has 0 atom stereocenters. The maximum absolute atomic E-state index is 13.9. The summed E-state index contributed by atoms with van der Waals surface area (Å²) in [5, 5.41) is 74.2. The van der Waals surface area contributed by atoms with Crippen molar-refractivity contribution in [2.24, 2.45) is 31.9 Å². The lowest BCUT2D eigenvalue weighted by Crippen LogP contribution is -2.32. The highest BCUT2D eigenvalue weighted by atomic mass is 16.4. The summed E-state index contributed by atoms with van der Waals surface area (Å²) in [6.07, 6.45) is -0.363. The molecule has 0 aliphatic heterocycles. The monoisotopic (exact) mass is 1020 g/mol. The van der Waals surface area contributed by atoms with Crippen LogP contribution in [0, 0.1) is 0 Å². The first kappa shape index (κ1) is 51.3. The average Bonchev–Trinajstić information content (AvgIpc) is 3.72. The molecule has 74 heavy (non-hydrogen) atoms. The number of benzene rings is 3. The number of hydrogen-bond acceptors (Lipinski definition) is 18. The lowest BCUT2D eigenvalue weighted by molar-refractivity contribution is 0.0682. The van der Waals surface area contributed by atoms with Gasteiger partial charge in [0.25, 0.3) is 45.2 Å². The standard InChI is InChI=1S/C46H36N10O18/c1-3-19-29(33(47)57)39(63)55(41(65)31(19)51-49-27-13-17(43(67)68)5-7-21(27)45(71)72)11-9-53-35(59)23-15-25-26(16-24(23)36(53)60)38(62)54(37(25)61)10-12-56-40(64)30(34(48)58)20(4-2)32(42(56)66)52-50-28-14-18(44(69)70)6-8-22(28)46(73)74/h5-8,13-16,63-64H,3-4,9-12H2,1-2H3,(H2,47,57)(H2,48,58)(H,67,68)(H,69,70)(H,71,72)(H,73,74). The molecule has 3 aromatic carbocycles. The number of nitrogens with zero attached hydrogens (tertiary/aromatic N) is 8. The number of azo groups is 2. The van der Waals surface area contributed by atoms with Gasteiger partial charge in [0.2, 0.25) is 11.8 Å². The summed E-state index contributed by atoms with van der Waals surface area (Å²) < 4.78 is 2.25. The van der Waals surface area contributed by atoms with Crippen LogP contribution in [0.2, 0.25) is 0 Å². The second-order valence-corrected chi connectivity index (χ2v) is 16.0. The number of nitrogens with two attached hydrogens (primary N) is 2. The molecule has 10 N–H and O–H groups in total. The number of carboxylic acids is 4. The van der Waals surface area contributed by atoms with E-state index in [-0.39, 0.29) is 45.5 Å². The molecule has 28 heteroatoms. The van der Waals surface area contributed by atoms with Gasteiger partial charge in [-0.05, 0) is 61.4 Å². The van der Waals surface area contributed by atoms with Crippen LogP contribution in [-0.2, 0) is 39.0 Å². The van der Waals surface area contributed by atoms with E-state index in [1.807, 2.05) is 0 Å². The van der Waals surface area contributed by atoms with E-state index in [0.717, 1.165) is 48.5 Å². The Morgan fingerprint density at radius 2 is 0.757 bits per heavy atom. The third kappa shape index (κ3) is 8.84. The Labute approximate surface area is 408 Å². The number of hydrogen-bond donors (Lipinski definition) is 8. The summed E-state index contributed by atoms with van der Waals surface area (Å²) >= 11 is 0. The van der Waals surface area contributed by atoms with Crippen LogP contribution < -0.4 is 44.8 Å². The topological polar surface area (TPSA) is 447 Å². The molecule has 7 aromatic rings. The Hall–Kier alpha value is -10.5. The number of primary amides is 2. The fraction of sp³-hybridized carbons (Fsp3) is 0.174. The van der Waals surface area contributed by atoms with E-state index in [0.29, 0.717) is 18.3 Å². The van der Waals surface area contributed by atoms with Gasteiger partial charge in [0.05, 0.1) is 43.8 Å². The summed E-state index contributed by atoms with van der Waals surface area (Å²) in [5.41, 5.74) is -1.29. The van der Waals surface area contributed by atoms with Crippen molar-refractivity contribution in [1.82, 2.24) is 18.3 Å². The van der Waals surface area contributed by atoms with Gasteiger partial charge in [-0.2, -0.15) is 0 Å². The fourth-order valence-corrected chi connectivity index (χ4v) is 8.25. The first-order valence-electron chi connectivity index (χ1n) is 21.5. The number of fused-ring (bicyclic) bond motifs is 2. The molecule has 0 aliphatic carbocycles. The Morgan fingerprint density at radius 3 is 1.03 bits per heavy atom. The Balaban J connectivity index is 1.25. The molecule has 4 aromatic heterocycles. The van der Waals surface area contributed by atoms with Crippen molar-refractivity contribution in [3.8, 4) is 11.8 Å². The summed E-state index contributed by atoms with van der Waals surface area (Å²) in [5.74, 6) is -10.5. The van der Waals surface area contributed by atoms with E-state index < -0.39 is 163 Å². The van der Waals surface area contributed by atoms with E-state index in [1.54, 1.807) is 0 Å². The molecule has 0 radical (unpaired) electrons. The van der Waals surface area contributed by atoms with Crippen molar-refractivity contribution in [3.63, 3.8) is 0 Å². The zero-order valence-corrected chi connectivity index (χ0v) is 38.2. The molecule has 0 aliphatic rings. The molecule has 0 spiro atoms. The summed E-state index contributed by atoms with van der Waals surface area (Å²) in [6, 6.07) is 7.46. The highest BCUT2D eigenvalue weighted by Crippen LogP contribution is 2.32. The van der Waals surface area contributed by atoms with Crippen LogP contribution in [-0.4, -0.2) is 84.6 Å². The number of carbonyl (C=O) groups excluding carboxylic acids is 2. The molecule has 2 amide bonds. The Morgan fingerprint density at radius 1 is 0.446 bits per heavy atom. The highest BCUT2D eigenvalue weighted by molar-refractivity contribution is 6.01. The van der Waals surface area contributed by atoms with Crippen LogP contribution in [0.1, 0.15) is 87.1 Å². The molecule has 0 bridgehead atoms. The van der Waals surface area contributed by atoms with E-state index in [2.05, 4.69) is 20.5 Å². The number of pyridine rings is 2. The fourth-order valence-electron chi connectivity index (χ4n) is 8.25. The number of aromatic carboxylic acids is 4. The highest BCUT2D eigenvalue weighted by Gasteiger charge is 2.28.